The summed E-state index contributed by atoms with van der Waals surface area (Å²) in [5, 5.41) is 0. The largest absolute Gasteiger partial charge is 0.490 e. The molecule has 0 amide bonds. The minimum atomic E-state index is -0.422. The second-order valence-electron chi connectivity index (χ2n) is 5.32. The minimum absolute atomic E-state index is 0.380. The number of benzene rings is 2. The Balaban J connectivity index is 1.80. The van der Waals surface area contributed by atoms with Crippen molar-refractivity contribution in [3.63, 3.8) is 0 Å². The molecule has 0 spiro atoms. The van der Waals surface area contributed by atoms with E-state index >= 15 is 0 Å². The van der Waals surface area contributed by atoms with Crippen molar-refractivity contribution in [1.29, 1.82) is 0 Å². The zero-order valence-electron chi connectivity index (χ0n) is 13.6. The van der Waals surface area contributed by atoms with Crippen LogP contribution in [0.1, 0.15) is 35.6 Å². The maximum Gasteiger partial charge on any atom is 0.343 e. The Morgan fingerprint density at radius 3 is 2.54 bits per heavy atom. The molecule has 1 saturated heterocycles. The molecule has 0 bridgehead atoms. The van der Waals surface area contributed by atoms with Crippen LogP contribution in [0.3, 0.4) is 0 Å². The van der Waals surface area contributed by atoms with E-state index in [1.807, 2.05) is 19.1 Å². The Kier molecular flexibility index (Phi) is 5.46. The van der Waals surface area contributed by atoms with Gasteiger partial charge in [-0.25, -0.2) is 4.79 Å². The smallest absolute Gasteiger partial charge is 0.343 e. The molecule has 5 heteroatoms. The third-order valence-electron chi connectivity index (χ3n) is 3.58. The average Bonchev–Trinajstić information content (AvgIpc) is 2.65. The molecular weight excluding hydrogens is 308 g/mol. The fourth-order valence-electron chi connectivity index (χ4n) is 2.44. The van der Waals surface area contributed by atoms with Crippen LogP contribution >= 0.6 is 0 Å². The van der Waals surface area contributed by atoms with E-state index in [0.29, 0.717) is 36.9 Å². The van der Waals surface area contributed by atoms with Crippen LogP contribution in [0.15, 0.2) is 48.5 Å². The summed E-state index contributed by atoms with van der Waals surface area (Å²) in [4.78, 5) is 12.2. The highest BCUT2D eigenvalue weighted by molar-refractivity contribution is 5.91. The van der Waals surface area contributed by atoms with Crippen LogP contribution in [0.2, 0.25) is 0 Å². The number of hydrogen-bond donors (Lipinski definition) is 0. The quantitative estimate of drug-likeness (QED) is 0.618. The second kappa shape index (κ2) is 7.95. The number of ether oxygens (including phenoxy) is 4. The van der Waals surface area contributed by atoms with Crippen molar-refractivity contribution >= 4 is 5.97 Å². The highest BCUT2D eigenvalue weighted by atomic mass is 16.7. The van der Waals surface area contributed by atoms with Gasteiger partial charge >= 0.3 is 5.97 Å². The van der Waals surface area contributed by atoms with Crippen LogP contribution < -0.4 is 9.47 Å². The maximum atomic E-state index is 12.2. The van der Waals surface area contributed by atoms with Crippen LogP contribution in [0.25, 0.3) is 0 Å². The van der Waals surface area contributed by atoms with E-state index < -0.39 is 12.3 Å². The molecule has 0 aliphatic carbocycles. The number of esters is 1. The predicted octanol–water partition coefficient (Wildman–Crippen LogP) is 3.74. The lowest BCUT2D eigenvalue weighted by atomic mass is 10.1. The summed E-state index contributed by atoms with van der Waals surface area (Å²) in [5.74, 6) is 0.455. The molecule has 0 atom stereocenters. The fraction of sp³-hybridized carbons (Fsp3) is 0.316. The van der Waals surface area contributed by atoms with Crippen molar-refractivity contribution in [2.75, 3.05) is 19.8 Å². The van der Waals surface area contributed by atoms with Gasteiger partial charge in [0.25, 0.3) is 0 Å². The Morgan fingerprint density at radius 1 is 1.08 bits per heavy atom. The van der Waals surface area contributed by atoms with E-state index in [-0.39, 0.29) is 0 Å². The summed E-state index contributed by atoms with van der Waals surface area (Å²) in [7, 11) is 0. The van der Waals surface area contributed by atoms with Crippen LogP contribution in [0.5, 0.6) is 11.5 Å². The predicted molar refractivity (Wildman–Crippen MR) is 88.3 cm³/mol. The van der Waals surface area contributed by atoms with E-state index in [1.165, 1.54) is 0 Å². The van der Waals surface area contributed by atoms with Crippen LogP contribution in [0, 0.1) is 0 Å². The van der Waals surface area contributed by atoms with Gasteiger partial charge in [-0.15, -0.1) is 0 Å². The Hall–Kier alpha value is -2.37. The molecule has 126 valence electrons. The molecule has 0 saturated carbocycles. The molecule has 1 heterocycles. The molecular formula is C19H20O5. The summed E-state index contributed by atoms with van der Waals surface area (Å²) in [6.45, 7) is 3.67. The molecule has 0 aromatic heterocycles. The van der Waals surface area contributed by atoms with E-state index in [4.69, 9.17) is 18.9 Å². The summed E-state index contributed by atoms with van der Waals surface area (Å²) < 4.78 is 22.3. The average molecular weight is 328 g/mol. The van der Waals surface area contributed by atoms with Gasteiger partial charge in [0.2, 0.25) is 0 Å². The fourth-order valence-corrected chi connectivity index (χ4v) is 2.44. The Labute approximate surface area is 141 Å². The van der Waals surface area contributed by atoms with Crippen LogP contribution in [-0.4, -0.2) is 25.8 Å². The van der Waals surface area contributed by atoms with Gasteiger partial charge in [-0.05, 0) is 43.7 Å². The first kappa shape index (κ1) is 16.5. The summed E-state index contributed by atoms with van der Waals surface area (Å²) >= 11 is 0. The van der Waals surface area contributed by atoms with Crippen molar-refractivity contribution in [2.45, 2.75) is 19.6 Å². The lowest BCUT2D eigenvalue weighted by Crippen LogP contribution is -2.18. The zero-order chi connectivity index (χ0) is 16.8. The Morgan fingerprint density at radius 2 is 1.83 bits per heavy atom. The van der Waals surface area contributed by atoms with Crippen molar-refractivity contribution in [3.8, 4) is 11.5 Å². The minimum Gasteiger partial charge on any atom is -0.490 e. The van der Waals surface area contributed by atoms with Crippen molar-refractivity contribution < 1.29 is 23.7 Å². The third-order valence-corrected chi connectivity index (χ3v) is 3.58. The molecule has 2 aromatic carbocycles. The summed E-state index contributed by atoms with van der Waals surface area (Å²) in [5.41, 5.74) is 1.33. The lowest BCUT2D eigenvalue weighted by Gasteiger charge is -2.24. The van der Waals surface area contributed by atoms with Gasteiger partial charge in [-0.1, -0.05) is 18.2 Å². The SMILES string of the molecule is CCOc1cc(C2OCCCO2)ccc1OC(=O)c1ccccc1. The normalized spacial score (nSPS) is 15.0. The van der Waals surface area contributed by atoms with Gasteiger partial charge < -0.3 is 18.9 Å². The van der Waals surface area contributed by atoms with E-state index in [2.05, 4.69) is 0 Å². The number of hydrogen-bond acceptors (Lipinski definition) is 5. The first-order valence-electron chi connectivity index (χ1n) is 8.05. The Bertz CT molecular complexity index is 677. The monoisotopic (exact) mass is 328 g/mol. The molecule has 1 aliphatic rings. The molecule has 0 unspecified atom stereocenters. The second-order valence-corrected chi connectivity index (χ2v) is 5.32. The number of rotatable bonds is 5. The van der Waals surface area contributed by atoms with Gasteiger partial charge in [-0.3, -0.25) is 0 Å². The van der Waals surface area contributed by atoms with Gasteiger partial charge in [0, 0.05) is 5.56 Å². The van der Waals surface area contributed by atoms with Crippen molar-refractivity contribution in [2.24, 2.45) is 0 Å². The van der Waals surface area contributed by atoms with Gasteiger partial charge in [0.1, 0.15) is 0 Å². The molecule has 1 fully saturated rings. The van der Waals surface area contributed by atoms with Crippen LogP contribution in [0.4, 0.5) is 0 Å². The van der Waals surface area contributed by atoms with E-state index in [0.717, 1.165) is 12.0 Å². The summed E-state index contributed by atoms with van der Waals surface area (Å²) in [6, 6.07) is 14.2. The van der Waals surface area contributed by atoms with Gasteiger partial charge in [-0.2, -0.15) is 0 Å². The maximum absolute atomic E-state index is 12.2. The topological polar surface area (TPSA) is 54.0 Å². The molecule has 2 aromatic rings. The third kappa shape index (κ3) is 3.93. The van der Waals surface area contributed by atoms with Crippen LogP contribution in [-0.2, 0) is 9.47 Å². The van der Waals surface area contributed by atoms with Gasteiger partial charge in [0.05, 0.1) is 25.4 Å². The summed E-state index contributed by atoms with van der Waals surface area (Å²) in [6.07, 6.45) is 0.485. The molecule has 0 radical (unpaired) electrons. The number of carbonyl (C=O) groups is 1. The van der Waals surface area contributed by atoms with E-state index in [9.17, 15) is 4.79 Å². The highest BCUT2D eigenvalue weighted by Gasteiger charge is 2.20. The molecule has 1 aliphatic heterocycles. The van der Waals surface area contributed by atoms with E-state index in [1.54, 1.807) is 36.4 Å². The molecule has 24 heavy (non-hydrogen) atoms. The van der Waals surface area contributed by atoms with Gasteiger partial charge in [0.15, 0.2) is 17.8 Å². The zero-order valence-corrected chi connectivity index (χ0v) is 13.6. The van der Waals surface area contributed by atoms with Crippen molar-refractivity contribution in [1.82, 2.24) is 0 Å². The first-order valence-corrected chi connectivity index (χ1v) is 8.05. The number of carbonyl (C=O) groups excluding carboxylic acids is 1. The molecule has 3 rings (SSSR count). The highest BCUT2D eigenvalue weighted by Crippen LogP contribution is 2.33. The first-order chi connectivity index (χ1) is 11.8. The lowest BCUT2D eigenvalue weighted by molar-refractivity contribution is -0.183. The molecule has 0 N–H and O–H groups in total. The van der Waals surface area contributed by atoms with Crippen molar-refractivity contribution in [3.05, 3.63) is 59.7 Å². The molecule has 5 nitrogen and oxygen atoms in total. The standard InChI is InChI=1S/C19H20O5/c1-2-21-17-13-15(19-22-11-6-12-23-19)9-10-16(17)24-18(20)14-7-4-3-5-8-14/h3-5,7-10,13,19H,2,6,11-12H2,1H3.